The number of aromatic nitrogens is 2. The molecule has 0 aliphatic rings. The molecular weight excluding hydrogens is 474 g/mol. The van der Waals surface area contributed by atoms with Crippen LogP contribution in [-0.4, -0.2) is 23.0 Å². The van der Waals surface area contributed by atoms with Crippen LogP contribution in [-0.2, 0) is 6.54 Å². The van der Waals surface area contributed by atoms with Crippen LogP contribution >= 0.6 is 38.9 Å². The van der Waals surface area contributed by atoms with Crippen molar-refractivity contribution in [3.8, 4) is 5.75 Å². The second-order valence-electron chi connectivity index (χ2n) is 6.18. The predicted molar refractivity (Wildman–Crippen MR) is 120 cm³/mol. The van der Waals surface area contributed by atoms with Gasteiger partial charge in [0, 0.05) is 16.9 Å². The monoisotopic (exact) mass is 487 g/mol. The van der Waals surface area contributed by atoms with Gasteiger partial charge in [0.25, 0.3) is 5.91 Å². The normalized spacial score (nSPS) is 10.9. The zero-order valence-electron chi connectivity index (χ0n) is 15.3. The molecule has 0 aliphatic carbocycles. The van der Waals surface area contributed by atoms with Crippen molar-refractivity contribution in [1.82, 2.24) is 9.97 Å². The van der Waals surface area contributed by atoms with Crippen LogP contribution in [0.1, 0.15) is 15.9 Å². The Morgan fingerprint density at radius 1 is 1.24 bits per heavy atom. The Morgan fingerprint density at radius 3 is 2.86 bits per heavy atom. The standard InChI is InChI=1S/C21H15BrClN3O2S/c1-28-17-5-2-6-18-19(17)25-21(29-18)26(12-13-4-3-9-24-11-13)20(27)15-10-14(22)7-8-16(15)23/h2-11H,12H2,1H3. The van der Waals surface area contributed by atoms with Gasteiger partial charge in [0.15, 0.2) is 5.13 Å². The number of anilines is 1. The van der Waals surface area contributed by atoms with Crippen molar-refractivity contribution in [2.45, 2.75) is 6.54 Å². The van der Waals surface area contributed by atoms with Gasteiger partial charge in [0.1, 0.15) is 11.3 Å². The molecular formula is C21H15BrClN3O2S. The van der Waals surface area contributed by atoms with Gasteiger partial charge in [-0.1, -0.05) is 51.0 Å². The highest BCUT2D eigenvalue weighted by Gasteiger charge is 2.24. The summed E-state index contributed by atoms with van der Waals surface area (Å²) in [6, 6.07) is 14.7. The maximum absolute atomic E-state index is 13.5. The van der Waals surface area contributed by atoms with Crippen LogP contribution in [0.4, 0.5) is 5.13 Å². The molecule has 0 bridgehead atoms. The molecule has 29 heavy (non-hydrogen) atoms. The molecule has 0 fully saturated rings. The lowest BCUT2D eigenvalue weighted by atomic mass is 10.2. The third kappa shape index (κ3) is 4.12. The van der Waals surface area contributed by atoms with Gasteiger partial charge in [0.05, 0.1) is 28.9 Å². The number of halogens is 2. The van der Waals surface area contributed by atoms with E-state index in [0.717, 1.165) is 20.3 Å². The fourth-order valence-corrected chi connectivity index (χ4v) is 4.44. The van der Waals surface area contributed by atoms with E-state index in [1.165, 1.54) is 11.3 Å². The number of amides is 1. The minimum absolute atomic E-state index is 0.238. The summed E-state index contributed by atoms with van der Waals surface area (Å²) >= 11 is 11.2. The van der Waals surface area contributed by atoms with E-state index in [1.807, 2.05) is 30.3 Å². The van der Waals surface area contributed by atoms with Crippen LogP contribution in [0.2, 0.25) is 5.02 Å². The highest BCUT2D eigenvalue weighted by Crippen LogP contribution is 2.36. The first-order valence-corrected chi connectivity index (χ1v) is 10.6. The lowest BCUT2D eigenvalue weighted by molar-refractivity contribution is 0.0985. The van der Waals surface area contributed by atoms with E-state index in [9.17, 15) is 4.79 Å². The SMILES string of the molecule is COc1cccc2sc(N(Cc3cccnc3)C(=O)c3cc(Br)ccc3Cl)nc12. The Labute approximate surface area is 185 Å². The fraction of sp³-hybridized carbons (Fsp3) is 0.0952. The van der Waals surface area contributed by atoms with Crippen molar-refractivity contribution >= 4 is 60.1 Å². The molecule has 2 aromatic carbocycles. The molecule has 0 atom stereocenters. The molecule has 0 N–H and O–H groups in total. The van der Waals surface area contributed by atoms with Crippen LogP contribution in [0.25, 0.3) is 10.2 Å². The van der Waals surface area contributed by atoms with Crippen LogP contribution in [0.5, 0.6) is 5.75 Å². The Bertz CT molecular complexity index is 1180. The van der Waals surface area contributed by atoms with E-state index < -0.39 is 0 Å². The average Bonchev–Trinajstić information content (AvgIpc) is 3.18. The van der Waals surface area contributed by atoms with Gasteiger partial charge in [-0.2, -0.15) is 0 Å². The Balaban J connectivity index is 1.82. The summed E-state index contributed by atoms with van der Waals surface area (Å²) in [7, 11) is 1.60. The smallest absolute Gasteiger partial charge is 0.261 e. The number of fused-ring (bicyclic) bond motifs is 1. The summed E-state index contributed by atoms with van der Waals surface area (Å²) in [5.41, 5.74) is 2.01. The molecule has 0 unspecified atom stereocenters. The summed E-state index contributed by atoms with van der Waals surface area (Å²) in [6.45, 7) is 0.317. The number of thiazole rings is 1. The third-order valence-corrected chi connectivity index (χ3v) is 6.16. The second-order valence-corrected chi connectivity index (χ2v) is 8.51. The van der Waals surface area contributed by atoms with E-state index in [1.54, 1.807) is 42.6 Å². The minimum atomic E-state index is -0.238. The fourth-order valence-electron chi connectivity index (χ4n) is 2.90. The number of benzene rings is 2. The molecule has 8 heteroatoms. The quantitative estimate of drug-likeness (QED) is 0.348. The number of carbonyl (C=O) groups excluding carboxylic acids is 1. The van der Waals surface area contributed by atoms with E-state index in [2.05, 4.69) is 20.9 Å². The van der Waals surface area contributed by atoms with Crippen LogP contribution in [0, 0.1) is 0 Å². The minimum Gasteiger partial charge on any atom is -0.494 e. The maximum Gasteiger partial charge on any atom is 0.261 e. The number of carbonyl (C=O) groups is 1. The first kappa shape index (κ1) is 19.8. The molecule has 0 aliphatic heterocycles. The van der Waals surface area contributed by atoms with Crippen LogP contribution in [0.3, 0.4) is 0 Å². The van der Waals surface area contributed by atoms with E-state index in [-0.39, 0.29) is 5.91 Å². The van der Waals surface area contributed by atoms with Crippen molar-refractivity contribution < 1.29 is 9.53 Å². The summed E-state index contributed by atoms with van der Waals surface area (Å²) in [4.78, 5) is 24.0. The number of hydrogen-bond donors (Lipinski definition) is 0. The van der Waals surface area contributed by atoms with Crippen LogP contribution < -0.4 is 9.64 Å². The van der Waals surface area contributed by atoms with Crippen molar-refractivity contribution in [1.29, 1.82) is 0 Å². The number of methoxy groups -OCH3 is 1. The molecule has 4 aromatic rings. The number of hydrogen-bond acceptors (Lipinski definition) is 5. The van der Waals surface area contributed by atoms with E-state index in [4.69, 9.17) is 21.3 Å². The highest BCUT2D eigenvalue weighted by atomic mass is 79.9. The lowest BCUT2D eigenvalue weighted by Crippen LogP contribution is -2.30. The first-order chi connectivity index (χ1) is 14.1. The number of pyridine rings is 1. The number of ether oxygens (including phenoxy) is 1. The molecule has 2 heterocycles. The van der Waals surface area contributed by atoms with Crippen molar-refractivity contribution in [2.24, 2.45) is 0 Å². The number of rotatable bonds is 5. The van der Waals surface area contributed by atoms with Crippen molar-refractivity contribution in [3.63, 3.8) is 0 Å². The van der Waals surface area contributed by atoms with Gasteiger partial charge >= 0.3 is 0 Å². The van der Waals surface area contributed by atoms with Crippen LogP contribution in [0.15, 0.2) is 65.4 Å². The zero-order valence-corrected chi connectivity index (χ0v) is 18.5. The first-order valence-electron chi connectivity index (χ1n) is 8.66. The van der Waals surface area contributed by atoms with Gasteiger partial charge in [-0.25, -0.2) is 4.98 Å². The highest BCUT2D eigenvalue weighted by molar-refractivity contribution is 9.10. The number of para-hydroxylation sites is 1. The van der Waals surface area contributed by atoms with Crippen molar-refractivity contribution in [2.75, 3.05) is 12.0 Å². The topological polar surface area (TPSA) is 55.3 Å². The molecule has 0 radical (unpaired) electrons. The Morgan fingerprint density at radius 2 is 2.10 bits per heavy atom. The molecule has 5 nitrogen and oxygen atoms in total. The van der Waals surface area contributed by atoms with Gasteiger partial charge in [0.2, 0.25) is 0 Å². The molecule has 1 amide bonds. The van der Waals surface area contributed by atoms with Gasteiger partial charge in [-0.15, -0.1) is 0 Å². The second kappa shape index (κ2) is 8.49. The Kier molecular flexibility index (Phi) is 5.80. The summed E-state index contributed by atoms with van der Waals surface area (Å²) in [5, 5.41) is 0.947. The molecule has 146 valence electrons. The van der Waals surface area contributed by atoms with Crippen molar-refractivity contribution in [3.05, 3.63) is 81.5 Å². The molecule has 0 saturated heterocycles. The maximum atomic E-state index is 13.5. The summed E-state index contributed by atoms with van der Waals surface area (Å²) in [6.07, 6.45) is 3.43. The van der Waals surface area contributed by atoms with E-state index >= 15 is 0 Å². The molecule has 0 spiro atoms. The number of nitrogens with zero attached hydrogens (tertiary/aromatic N) is 3. The molecule has 2 aromatic heterocycles. The van der Waals surface area contributed by atoms with E-state index in [0.29, 0.717) is 28.0 Å². The summed E-state index contributed by atoms with van der Waals surface area (Å²) < 4.78 is 7.13. The average molecular weight is 489 g/mol. The van der Waals surface area contributed by atoms with Gasteiger partial charge in [-0.05, 0) is 42.0 Å². The third-order valence-electron chi connectivity index (χ3n) is 4.29. The van der Waals surface area contributed by atoms with Gasteiger partial charge < -0.3 is 4.74 Å². The Hall–Kier alpha value is -2.48. The largest absolute Gasteiger partial charge is 0.494 e. The molecule has 0 saturated carbocycles. The zero-order chi connectivity index (χ0) is 20.4. The summed E-state index contributed by atoms with van der Waals surface area (Å²) in [5.74, 6) is 0.428. The predicted octanol–water partition coefficient (Wildman–Crippen LogP) is 5.96. The van der Waals surface area contributed by atoms with Gasteiger partial charge in [-0.3, -0.25) is 14.7 Å². The lowest BCUT2D eigenvalue weighted by Gasteiger charge is -2.20. The molecule has 4 rings (SSSR count).